The minimum Gasteiger partial charge on any atom is -0.435 e. The normalized spacial score (nSPS) is 11.7. The van der Waals surface area contributed by atoms with E-state index in [0.29, 0.717) is 39.7 Å². The number of rotatable bonds is 0. The summed E-state index contributed by atoms with van der Waals surface area (Å²) in [6, 6.07) is 29.9. The molecule has 0 saturated heterocycles. The Hall–Kier alpha value is -5.31. The summed E-state index contributed by atoms with van der Waals surface area (Å²) in [6.45, 7) is 0. The smallest absolute Gasteiger partial charge is 0.435 e. The summed E-state index contributed by atoms with van der Waals surface area (Å²) in [7, 11) is 0. The van der Waals surface area contributed by atoms with Gasteiger partial charge in [-0.1, -0.05) is 60.7 Å². The fraction of sp³-hybridized carbons (Fsp3) is 0. The predicted octanol–water partition coefficient (Wildman–Crippen LogP) is 5.68. The fourth-order valence-electron chi connectivity index (χ4n) is 5.41. The summed E-state index contributed by atoms with van der Waals surface area (Å²) in [6.07, 6.45) is 3.91. The maximum atomic E-state index is 4.96. The van der Waals surface area contributed by atoms with Crippen molar-refractivity contribution in [1.82, 2.24) is 43.7 Å². The first-order valence-corrected chi connectivity index (χ1v) is 12.9. The van der Waals surface area contributed by atoms with E-state index in [1.807, 2.05) is 106 Å². The zero-order valence-electron chi connectivity index (χ0n) is 21.1. The quantitative estimate of drug-likeness (QED) is 0.213. The molecule has 41 heavy (non-hydrogen) atoms. The van der Waals surface area contributed by atoms with E-state index >= 15 is 0 Å². The van der Waals surface area contributed by atoms with Crippen LogP contribution < -0.4 is 9.97 Å². The predicted molar refractivity (Wildman–Crippen MR) is 155 cm³/mol. The number of hydrogen-bond donors (Lipinski definition) is 0. The molecule has 10 heteroatoms. The maximum Gasteiger partial charge on any atom is 2.00 e. The molecule has 7 heterocycles. The second kappa shape index (κ2) is 8.85. The molecule has 9 rings (SSSR count). The first kappa shape index (κ1) is 23.6. The average Bonchev–Trinajstić information content (AvgIpc) is 3.73. The first-order valence-electron chi connectivity index (χ1n) is 12.9. The molecule has 0 atom stereocenters. The van der Waals surface area contributed by atoms with Gasteiger partial charge in [0.25, 0.3) is 0 Å². The van der Waals surface area contributed by atoms with Crippen molar-refractivity contribution in [1.29, 1.82) is 0 Å². The van der Waals surface area contributed by atoms with Crippen molar-refractivity contribution in [3.63, 3.8) is 0 Å². The number of aromatic nitrogens is 9. The van der Waals surface area contributed by atoms with Gasteiger partial charge in [0.2, 0.25) is 0 Å². The van der Waals surface area contributed by atoms with Crippen LogP contribution in [-0.2, 0) is 17.1 Å². The van der Waals surface area contributed by atoms with E-state index in [4.69, 9.17) is 34.9 Å². The number of benzene rings is 2. The molecular weight excluding hydrogens is 562 g/mol. The van der Waals surface area contributed by atoms with Crippen LogP contribution in [0.15, 0.2) is 103 Å². The van der Waals surface area contributed by atoms with Crippen molar-refractivity contribution >= 4 is 77.8 Å². The third-order valence-corrected chi connectivity index (χ3v) is 7.25. The van der Waals surface area contributed by atoms with E-state index in [9.17, 15) is 0 Å². The van der Waals surface area contributed by atoms with E-state index in [1.165, 1.54) is 0 Å². The number of fused-ring (bicyclic) bond motifs is 20. The summed E-state index contributed by atoms with van der Waals surface area (Å²) < 4.78 is 3.94. The monoisotopic (exact) mass is 578 g/mol. The van der Waals surface area contributed by atoms with E-state index in [-0.39, 0.29) is 17.1 Å². The number of pyridine rings is 2. The van der Waals surface area contributed by atoms with Gasteiger partial charge in [0, 0.05) is 23.7 Å². The van der Waals surface area contributed by atoms with E-state index in [2.05, 4.69) is 6.07 Å². The van der Waals surface area contributed by atoms with Gasteiger partial charge in [0.15, 0.2) is 5.78 Å². The van der Waals surface area contributed by atoms with Crippen LogP contribution in [0.5, 0.6) is 0 Å². The van der Waals surface area contributed by atoms with Gasteiger partial charge in [-0.2, -0.15) is 0 Å². The second-order valence-corrected chi connectivity index (χ2v) is 9.59. The van der Waals surface area contributed by atoms with Crippen molar-refractivity contribution in [2.45, 2.75) is 0 Å². The Morgan fingerprint density at radius 2 is 1.02 bits per heavy atom. The summed E-state index contributed by atoms with van der Waals surface area (Å²) in [5.74, 6) is 0.480. The molecule has 8 bridgehead atoms. The number of imidazole rings is 2. The Bertz CT molecular complexity index is 2050. The van der Waals surface area contributed by atoms with Gasteiger partial charge in [-0.3, -0.25) is 8.80 Å². The molecule has 9 nitrogen and oxygen atoms in total. The molecule has 197 valence electrons. The molecule has 7 aromatic heterocycles. The first-order chi connectivity index (χ1) is 19.8. The Morgan fingerprint density at radius 1 is 0.488 bits per heavy atom. The fourth-order valence-corrected chi connectivity index (χ4v) is 5.41. The molecule has 2 aromatic carbocycles. The molecule has 0 aliphatic carbocycles. The zero-order chi connectivity index (χ0) is 26.2. The standard InChI is InChI=1S/C31H17N9.Cu/c1-2-10-19-18(9-1)22-17-25-33-29(23-13-5-7-15-39(23)25)36-27-20-11-3-4-12-21(20)28(34-27)37-31-38-30(35-26(19)32-22)24-14-6-8-16-40(24)31;/h1-17H;/q-2;+2. The van der Waals surface area contributed by atoms with Crippen molar-refractivity contribution < 1.29 is 17.1 Å². The topological polar surface area (TPSA) is 101 Å². The summed E-state index contributed by atoms with van der Waals surface area (Å²) >= 11 is 0. The van der Waals surface area contributed by atoms with Gasteiger partial charge in [0.05, 0.1) is 16.7 Å². The van der Waals surface area contributed by atoms with Crippen LogP contribution in [0.1, 0.15) is 0 Å². The van der Waals surface area contributed by atoms with Gasteiger partial charge >= 0.3 is 17.1 Å². The summed E-state index contributed by atoms with van der Waals surface area (Å²) in [5.41, 5.74) is 5.98. The molecule has 0 aliphatic rings. The second-order valence-electron chi connectivity index (χ2n) is 9.59. The Balaban J connectivity index is 0.00000256. The van der Waals surface area contributed by atoms with Crippen molar-refractivity contribution in [2.75, 3.05) is 0 Å². The minimum absolute atomic E-state index is 0. The van der Waals surface area contributed by atoms with Crippen LogP contribution >= 0.6 is 0 Å². The minimum atomic E-state index is 0. The van der Waals surface area contributed by atoms with Crippen LogP contribution in [0.4, 0.5) is 0 Å². The molecule has 0 spiro atoms. The van der Waals surface area contributed by atoms with Crippen molar-refractivity contribution in [2.24, 2.45) is 0 Å². The Labute approximate surface area is 241 Å². The Kier molecular flexibility index (Phi) is 5.09. The largest absolute Gasteiger partial charge is 2.00 e. The van der Waals surface area contributed by atoms with Crippen LogP contribution in [0, 0.1) is 0 Å². The number of nitrogens with zero attached hydrogens (tertiary/aromatic N) is 9. The Morgan fingerprint density at radius 3 is 1.76 bits per heavy atom. The van der Waals surface area contributed by atoms with Crippen LogP contribution in [-0.4, -0.2) is 33.7 Å². The molecule has 0 N–H and O–H groups in total. The molecule has 1 radical (unpaired) electrons. The van der Waals surface area contributed by atoms with Crippen molar-refractivity contribution in [3.05, 3.63) is 103 Å². The maximum absolute atomic E-state index is 4.96. The van der Waals surface area contributed by atoms with Gasteiger partial charge in [-0.15, -0.1) is 0 Å². The molecular formula is C31H17CuN9. The van der Waals surface area contributed by atoms with Gasteiger partial charge in [-0.05, 0) is 63.0 Å². The van der Waals surface area contributed by atoms with E-state index < -0.39 is 0 Å². The van der Waals surface area contributed by atoms with Crippen LogP contribution in [0.25, 0.3) is 77.8 Å². The number of hydrogen-bond acceptors (Lipinski definition) is 5. The average molecular weight is 579 g/mol. The molecule has 0 fully saturated rings. The summed E-state index contributed by atoms with van der Waals surface area (Å²) in [5, 5.41) is 3.71. The van der Waals surface area contributed by atoms with Gasteiger partial charge in [0.1, 0.15) is 11.3 Å². The molecule has 9 aromatic rings. The van der Waals surface area contributed by atoms with E-state index in [0.717, 1.165) is 38.1 Å². The summed E-state index contributed by atoms with van der Waals surface area (Å²) in [4.78, 5) is 34.5. The molecule has 0 aliphatic heterocycles. The molecule has 0 unspecified atom stereocenters. The third kappa shape index (κ3) is 3.52. The molecule has 0 saturated carbocycles. The zero-order valence-corrected chi connectivity index (χ0v) is 22.1. The van der Waals surface area contributed by atoms with Gasteiger partial charge in [-0.25, -0.2) is 9.97 Å². The van der Waals surface area contributed by atoms with E-state index in [1.54, 1.807) is 0 Å². The van der Waals surface area contributed by atoms with Crippen LogP contribution in [0.2, 0.25) is 0 Å². The third-order valence-electron chi connectivity index (χ3n) is 7.25. The SMILES string of the molecule is [Cu+2].c1ccc2c3nc4nc(nc5[n-]c(nc6nc(cc([n-]3)c2c1)n1ccccc61)c1ccccc51)n1ccccc41. The van der Waals surface area contributed by atoms with Gasteiger partial charge < -0.3 is 24.9 Å². The van der Waals surface area contributed by atoms with Crippen molar-refractivity contribution in [3.8, 4) is 0 Å². The van der Waals surface area contributed by atoms with Crippen LogP contribution in [0.3, 0.4) is 0 Å². The molecule has 0 amide bonds.